The topological polar surface area (TPSA) is 38.1 Å². The van der Waals surface area contributed by atoms with Crippen molar-refractivity contribution in [1.29, 1.82) is 0 Å². The lowest BCUT2D eigenvalue weighted by Gasteiger charge is -2.06. The Kier molecular flexibility index (Phi) is 4.55. The van der Waals surface area contributed by atoms with E-state index in [0.717, 1.165) is 18.3 Å². The van der Waals surface area contributed by atoms with E-state index in [1.807, 2.05) is 6.92 Å². The SMILES string of the molecule is CCNCc1cc(F)c(Sc2nc(C)co2)c(F)c1. The molecular formula is C13H14F2N2OS. The third-order valence-electron chi connectivity index (χ3n) is 2.42. The molecule has 0 atom stereocenters. The summed E-state index contributed by atoms with van der Waals surface area (Å²) in [6.45, 7) is 4.87. The zero-order valence-electron chi connectivity index (χ0n) is 10.7. The Balaban J connectivity index is 2.21. The van der Waals surface area contributed by atoms with Gasteiger partial charge in [0.05, 0.1) is 10.6 Å². The van der Waals surface area contributed by atoms with Gasteiger partial charge in [0.2, 0.25) is 0 Å². The number of oxazole rings is 1. The van der Waals surface area contributed by atoms with Gasteiger partial charge in [-0.2, -0.15) is 0 Å². The Morgan fingerprint density at radius 3 is 2.53 bits per heavy atom. The number of benzene rings is 1. The molecule has 0 bridgehead atoms. The molecule has 2 aromatic rings. The molecule has 1 aromatic carbocycles. The smallest absolute Gasteiger partial charge is 0.260 e. The standard InChI is InChI=1S/C13H14F2N2OS/c1-3-16-6-9-4-10(14)12(11(15)5-9)19-13-17-8(2)7-18-13/h4-5,7,16H,3,6H2,1-2H3. The predicted molar refractivity (Wildman–Crippen MR) is 69.1 cm³/mol. The molecule has 0 saturated carbocycles. The molecule has 2 rings (SSSR count). The molecule has 0 aliphatic rings. The van der Waals surface area contributed by atoms with Gasteiger partial charge >= 0.3 is 0 Å². The number of hydrogen-bond acceptors (Lipinski definition) is 4. The molecule has 0 fully saturated rings. The van der Waals surface area contributed by atoms with Gasteiger partial charge in [0.1, 0.15) is 17.9 Å². The summed E-state index contributed by atoms with van der Waals surface area (Å²) in [5.74, 6) is -1.21. The Morgan fingerprint density at radius 1 is 1.32 bits per heavy atom. The first kappa shape index (κ1) is 14.0. The molecule has 0 aliphatic carbocycles. The van der Waals surface area contributed by atoms with Gasteiger partial charge in [-0.25, -0.2) is 13.8 Å². The Labute approximate surface area is 114 Å². The zero-order valence-corrected chi connectivity index (χ0v) is 11.5. The lowest BCUT2D eigenvalue weighted by Crippen LogP contribution is -2.12. The van der Waals surface area contributed by atoms with Crippen molar-refractivity contribution in [3.63, 3.8) is 0 Å². The highest BCUT2D eigenvalue weighted by atomic mass is 32.2. The van der Waals surface area contributed by atoms with Crippen LogP contribution in [-0.2, 0) is 6.54 Å². The Bertz CT molecular complexity index is 549. The summed E-state index contributed by atoms with van der Waals surface area (Å²) in [5.41, 5.74) is 1.25. The fourth-order valence-electron chi connectivity index (χ4n) is 1.55. The highest BCUT2D eigenvalue weighted by Gasteiger charge is 2.15. The number of hydrogen-bond donors (Lipinski definition) is 1. The number of halogens is 2. The van der Waals surface area contributed by atoms with E-state index in [4.69, 9.17) is 4.42 Å². The van der Waals surface area contributed by atoms with Crippen LogP contribution >= 0.6 is 11.8 Å². The maximum Gasteiger partial charge on any atom is 0.260 e. The molecular weight excluding hydrogens is 270 g/mol. The van der Waals surface area contributed by atoms with Crippen LogP contribution in [0.2, 0.25) is 0 Å². The maximum absolute atomic E-state index is 13.9. The van der Waals surface area contributed by atoms with Gasteiger partial charge in [0.15, 0.2) is 0 Å². The fourth-order valence-corrected chi connectivity index (χ4v) is 2.32. The largest absolute Gasteiger partial charge is 0.439 e. The van der Waals surface area contributed by atoms with E-state index in [-0.39, 0.29) is 10.1 Å². The van der Waals surface area contributed by atoms with Gasteiger partial charge in [-0.1, -0.05) is 6.92 Å². The number of aromatic nitrogens is 1. The van der Waals surface area contributed by atoms with Gasteiger partial charge in [-0.15, -0.1) is 0 Å². The van der Waals surface area contributed by atoms with E-state index in [0.29, 0.717) is 17.8 Å². The molecule has 19 heavy (non-hydrogen) atoms. The highest BCUT2D eigenvalue weighted by Crippen LogP contribution is 2.32. The molecule has 1 aromatic heterocycles. The van der Waals surface area contributed by atoms with Crippen LogP contribution in [0.15, 0.2) is 32.9 Å². The van der Waals surface area contributed by atoms with E-state index in [1.54, 1.807) is 6.92 Å². The molecule has 1 heterocycles. The summed E-state index contributed by atoms with van der Waals surface area (Å²) in [4.78, 5) is 3.92. The number of nitrogens with zero attached hydrogens (tertiary/aromatic N) is 1. The van der Waals surface area contributed by atoms with E-state index in [2.05, 4.69) is 10.3 Å². The first-order chi connectivity index (χ1) is 9.10. The average Bonchev–Trinajstić information content (AvgIpc) is 2.77. The van der Waals surface area contributed by atoms with Crippen molar-refractivity contribution in [2.24, 2.45) is 0 Å². The van der Waals surface area contributed by atoms with Crippen LogP contribution in [0, 0.1) is 18.6 Å². The molecule has 0 saturated heterocycles. The molecule has 3 nitrogen and oxygen atoms in total. The normalized spacial score (nSPS) is 10.9. The summed E-state index contributed by atoms with van der Waals surface area (Å²) in [6.07, 6.45) is 1.44. The summed E-state index contributed by atoms with van der Waals surface area (Å²) >= 11 is 0.846. The van der Waals surface area contributed by atoms with E-state index in [1.165, 1.54) is 18.4 Å². The van der Waals surface area contributed by atoms with Crippen molar-refractivity contribution in [3.05, 3.63) is 41.3 Å². The van der Waals surface area contributed by atoms with Crippen molar-refractivity contribution in [3.8, 4) is 0 Å². The highest BCUT2D eigenvalue weighted by molar-refractivity contribution is 7.99. The van der Waals surface area contributed by atoms with Gasteiger partial charge < -0.3 is 9.73 Å². The lowest BCUT2D eigenvalue weighted by molar-refractivity contribution is 0.451. The molecule has 0 radical (unpaired) electrons. The summed E-state index contributed by atoms with van der Waals surface area (Å²) in [6, 6.07) is 2.65. The molecule has 6 heteroatoms. The summed E-state index contributed by atoms with van der Waals surface area (Å²) in [7, 11) is 0. The fraction of sp³-hybridized carbons (Fsp3) is 0.308. The van der Waals surface area contributed by atoms with Gasteiger partial charge in [-0.3, -0.25) is 0 Å². The predicted octanol–water partition coefficient (Wildman–Crippen LogP) is 3.52. The average molecular weight is 284 g/mol. The van der Waals surface area contributed by atoms with Crippen LogP contribution in [-0.4, -0.2) is 11.5 Å². The molecule has 102 valence electrons. The quantitative estimate of drug-likeness (QED) is 0.911. The molecule has 0 unspecified atom stereocenters. The van der Waals surface area contributed by atoms with Crippen molar-refractivity contribution in [2.45, 2.75) is 30.5 Å². The van der Waals surface area contributed by atoms with E-state index in [9.17, 15) is 8.78 Å². The van der Waals surface area contributed by atoms with Gasteiger partial charge in [-0.05, 0) is 42.9 Å². The zero-order chi connectivity index (χ0) is 13.8. The lowest BCUT2D eigenvalue weighted by atomic mass is 10.2. The first-order valence-electron chi connectivity index (χ1n) is 5.88. The number of aryl methyl sites for hydroxylation is 1. The van der Waals surface area contributed by atoms with Crippen LogP contribution in [0.3, 0.4) is 0 Å². The second kappa shape index (κ2) is 6.16. The van der Waals surface area contributed by atoms with Crippen molar-refractivity contribution >= 4 is 11.8 Å². The van der Waals surface area contributed by atoms with Crippen molar-refractivity contribution in [2.75, 3.05) is 6.54 Å². The van der Waals surface area contributed by atoms with Gasteiger partial charge in [0, 0.05) is 6.54 Å². The molecule has 0 aliphatic heterocycles. The van der Waals surface area contributed by atoms with Crippen molar-refractivity contribution in [1.82, 2.24) is 10.3 Å². The minimum absolute atomic E-state index is 0.0953. The monoisotopic (exact) mass is 284 g/mol. The van der Waals surface area contributed by atoms with Crippen LogP contribution in [0.1, 0.15) is 18.2 Å². The van der Waals surface area contributed by atoms with Crippen LogP contribution in [0.25, 0.3) is 0 Å². The second-order valence-electron chi connectivity index (χ2n) is 4.03. The van der Waals surface area contributed by atoms with Gasteiger partial charge in [0.25, 0.3) is 5.22 Å². The molecule has 0 amide bonds. The third kappa shape index (κ3) is 3.54. The summed E-state index contributed by atoms with van der Waals surface area (Å²) in [5, 5.41) is 3.25. The second-order valence-corrected chi connectivity index (χ2v) is 4.99. The third-order valence-corrected chi connectivity index (χ3v) is 3.38. The molecule has 0 spiro atoms. The van der Waals surface area contributed by atoms with Crippen LogP contribution < -0.4 is 5.32 Å². The first-order valence-corrected chi connectivity index (χ1v) is 6.70. The van der Waals surface area contributed by atoms with Crippen LogP contribution in [0.4, 0.5) is 8.78 Å². The van der Waals surface area contributed by atoms with E-state index < -0.39 is 11.6 Å². The van der Waals surface area contributed by atoms with Crippen LogP contribution in [0.5, 0.6) is 0 Å². The minimum Gasteiger partial charge on any atom is -0.439 e. The number of rotatable bonds is 5. The van der Waals surface area contributed by atoms with Crippen molar-refractivity contribution < 1.29 is 13.2 Å². The minimum atomic E-state index is -0.603. The number of nitrogens with one attached hydrogen (secondary N) is 1. The Hall–Kier alpha value is -1.40. The Morgan fingerprint density at radius 2 is 2.00 bits per heavy atom. The van der Waals surface area contributed by atoms with E-state index >= 15 is 0 Å². The maximum atomic E-state index is 13.9. The summed E-state index contributed by atoms with van der Waals surface area (Å²) < 4.78 is 32.8. The molecule has 1 N–H and O–H groups in total.